The van der Waals surface area contributed by atoms with Crippen LogP contribution in [0.15, 0.2) is 60.3 Å². The second kappa shape index (κ2) is 7.99. The Morgan fingerprint density at radius 1 is 1.42 bits per heavy atom. The van der Waals surface area contributed by atoms with E-state index in [-0.39, 0.29) is 0 Å². The molecule has 104 valence electrons. The lowest BCUT2D eigenvalue weighted by Crippen LogP contribution is -2.13. The fourth-order valence-electron chi connectivity index (χ4n) is 2.32. The van der Waals surface area contributed by atoms with Gasteiger partial charge in [-0.3, -0.25) is 0 Å². The van der Waals surface area contributed by atoms with Crippen molar-refractivity contribution < 1.29 is 0 Å². The van der Waals surface area contributed by atoms with Crippen molar-refractivity contribution in [2.75, 3.05) is 0 Å². The van der Waals surface area contributed by atoms with Crippen molar-refractivity contribution in [1.82, 2.24) is 0 Å². The van der Waals surface area contributed by atoms with E-state index in [1.807, 2.05) is 13.0 Å². The molecule has 0 heterocycles. The SMILES string of the molecule is C=C(C/C=C\C=C/C)[C@H](C)[C@H](C)C1=CCC(C)C=C1. The lowest BCUT2D eigenvalue weighted by molar-refractivity contribution is 0.500. The van der Waals surface area contributed by atoms with Gasteiger partial charge in [-0.15, -0.1) is 0 Å². The van der Waals surface area contributed by atoms with Gasteiger partial charge in [-0.1, -0.05) is 75.5 Å². The summed E-state index contributed by atoms with van der Waals surface area (Å²) in [6, 6.07) is 0. The molecule has 0 bridgehead atoms. The predicted octanol–water partition coefficient (Wildman–Crippen LogP) is 5.86. The highest BCUT2D eigenvalue weighted by Gasteiger charge is 2.18. The smallest absolute Gasteiger partial charge is 0.0131 e. The van der Waals surface area contributed by atoms with E-state index in [1.165, 1.54) is 17.6 Å². The molecule has 0 radical (unpaired) electrons. The van der Waals surface area contributed by atoms with E-state index < -0.39 is 0 Å². The molecule has 19 heavy (non-hydrogen) atoms. The van der Waals surface area contributed by atoms with Crippen molar-refractivity contribution in [2.24, 2.45) is 17.8 Å². The molecule has 1 rings (SSSR count). The average molecular weight is 256 g/mol. The van der Waals surface area contributed by atoms with Crippen LogP contribution < -0.4 is 0 Å². The van der Waals surface area contributed by atoms with E-state index in [2.05, 4.69) is 63.8 Å². The maximum absolute atomic E-state index is 4.26. The van der Waals surface area contributed by atoms with E-state index >= 15 is 0 Å². The molecular weight excluding hydrogens is 228 g/mol. The second-order valence-electron chi connectivity index (χ2n) is 5.67. The van der Waals surface area contributed by atoms with Gasteiger partial charge in [0.05, 0.1) is 0 Å². The third-order valence-electron chi connectivity index (χ3n) is 4.08. The summed E-state index contributed by atoms with van der Waals surface area (Å²) < 4.78 is 0. The third-order valence-corrected chi connectivity index (χ3v) is 4.08. The number of hydrogen-bond acceptors (Lipinski definition) is 0. The van der Waals surface area contributed by atoms with Crippen LogP contribution in [0.3, 0.4) is 0 Å². The van der Waals surface area contributed by atoms with Gasteiger partial charge >= 0.3 is 0 Å². The molecule has 0 saturated heterocycles. The molecule has 0 nitrogen and oxygen atoms in total. The maximum atomic E-state index is 4.26. The predicted molar refractivity (Wildman–Crippen MR) is 87.0 cm³/mol. The zero-order chi connectivity index (χ0) is 14.3. The van der Waals surface area contributed by atoms with E-state index in [9.17, 15) is 0 Å². The van der Waals surface area contributed by atoms with Crippen molar-refractivity contribution >= 4 is 0 Å². The Bertz CT molecular complexity index is 404. The molecule has 0 aliphatic heterocycles. The molecule has 0 fully saturated rings. The lowest BCUT2D eigenvalue weighted by Gasteiger charge is -2.25. The van der Waals surface area contributed by atoms with Crippen LogP contribution >= 0.6 is 0 Å². The van der Waals surface area contributed by atoms with Crippen LogP contribution in [0.1, 0.15) is 40.5 Å². The Kier molecular flexibility index (Phi) is 6.62. The first-order chi connectivity index (χ1) is 9.06. The molecule has 1 aliphatic rings. The van der Waals surface area contributed by atoms with Crippen molar-refractivity contribution in [2.45, 2.75) is 40.5 Å². The Labute approximate surface area is 119 Å². The average Bonchev–Trinajstić information content (AvgIpc) is 2.42. The van der Waals surface area contributed by atoms with Gasteiger partial charge in [-0.25, -0.2) is 0 Å². The van der Waals surface area contributed by atoms with Gasteiger partial charge in [0.15, 0.2) is 0 Å². The molecule has 3 atom stereocenters. The first kappa shape index (κ1) is 15.8. The van der Waals surface area contributed by atoms with Crippen LogP contribution in [0.5, 0.6) is 0 Å². The third kappa shape index (κ3) is 5.06. The molecule has 0 heteroatoms. The topological polar surface area (TPSA) is 0 Å². The summed E-state index contributed by atoms with van der Waals surface area (Å²) in [6.45, 7) is 13.2. The van der Waals surface area contributed by atoms with Gasteiger partial charge in [0.2, 0.25) is 0 Å². The normalized spacial score (nSPS) is 22.7. The van der Waals surface area contributed by atoms with Crippen LogP contribution in [-0.2, 0) is 0 Å². The van der Waals surface area contributed by atoms with E-state index in [4.69, 9.17) is 0 Å². The van der Waals surface area contributed by atoms with Gasteiger partial charge < -0.3 is 0 Å². The fourth-order valence-corrected chi connectivity index (χ4v) is 2.32. The van der Waals surface area contributed by atoms with Crippen LogP contribution in [0.4, 0.5) is 0 Å². The Morgan fingerprint density at radius 3 is 2.74 bits per heavy atom. The standard InChI is InChI=1S/C19H28/c1-6-7-8-9-10-16(3)17(4)18(5)19-13-11-15(2)12-14-19/h6-9,11,13-15,17-18H,3,10,12H2,1-2,4-5H3/b7-6-,9-8-/t15?,17-,18-/m0/s1. The van der Waals surface area contributed by atoms with Gasteiger partial charge in [-0.2, -0.15) is 0 Å². The first-order valence-electron chi connectivity index (χ1n) is 7.40. The molecule has 1 unspecified atom stereocenters. The van der Waals surface area contributed by atoms with Gasteiger partial charge in [0, 0.05) is 0 Å². The molecule has 1 aliphatic carbocycles. The molecule has 0 spiro atoms. The minimum absolute atomic E-state index is 0.527. The van der Waals surface area contributed by atoms with Crippen molar-refractivity contribution in [3.05, 3.63) is 60.3 Å². The highest BCUT2D eigenvalue weighted by atomic mass is 14.2. The molecule has 0 aromatic heterocycles. The van der Waals surface area contributed by atoms with Gasteiger partial charge in [-0.05, 0) is 43.1 Å². The molecule has 0 amide bonds. The largest absolute Gasteiger partial charge is 0.0993 e. The quantitative estimate of drug-likeness (QED) is 0.412. The maximum Gasteiger partial charge on any atom is -0.0131 e. The summed E-state index contributed by atoms with van der Waals surface area (Å²) in [7, 11) is 0. The number of rotatable bonds is 6. The summed E-state index contributed by atoms with van der Waals surface area (Å²) in [5.41, 5.74) is 2.80. The van der Waals surface area contributed by atoms with Crippen molar-refractivity contribution in [3.63, 3.8) is 0 Å². The van der Waals surface area contributed by atoms with Crippen LogP contribution in [0.2, 0.25) is 0 Å². The highest BCUT2D eigenvalue weighted by Crippen LogP contribution is 2.31. The summed E-state index contributed by atoms with van der Waals surface area (Å²) >= 11 is 0. The van der Waals surface area contributed by atoms with E-state index in [0.29, 0.717) is 17.8 Å². The van der Waals surface area contributed by atoms with Crippen LogP contribution in [0, 0.1) is 17.8 Å². The lowest BCUT2D eigenvalue weighted by atomic mass is 9.80. The van der Waals surface area contributed by atoms with Gasteiger partial charge in [0.25, 0.3) is 0 Å². The molecule has 0 aromatic carbocycles. The summed E-state index contributed by atoms with van der Waals surface area (Å²) in [5.74, 6) is 1.78. The monoisotopic (exact) mass is 256 g/mol. The van der Waals surface area contributed by atoms with Gasteiger partial charge in [0.1, 0.15) is 0 Å². The number of allylic oxidation sites excluding steroid dienone is 9. The minimum atomic E-state index is 0.527. The molecular formula is C19H28. The highest BCUT2D eigenvalue weighted by molar-refractivity contribution is 5.28. The molecule has 0 N–H and O–H groups in total. The first-order valence-corrected chi connectivity index (χ1v) is 7.40. The van der Waals surface area contributed by atoms with Crippen molar-refractivity contribution in [3.8, 4) is 0 Å². The van der Waals surface area contributed by atoms with E-state index in [1.54, 1.807) is 0 Å². The zero-order valence-corrected chi connectivity index (χ0v) is 12.9. The second-order valence-corrected chi connectivity index (χ2v) is 5.67. The Hall–Kier alpha value is -1.30. The van der Waals surface area contributed by atoms with Crippen LogP contribution in [-0.4, -0.2) is 0 Å². The molecule has 0 saturated carbocycles. The summed E-state index contributed by atoms with van der Waals surface area (Å²) in [6.07, 6.45) is 17.6. The molecule has 0 aromatic rings. The summed E-state index contributed by atoms with van der Waals surface area (Å²) in [5, 5.41) is 0. The van der Waals surface area contributed by atoms with Crippen LogP contribution in [0.25, 0.3) is 0 Å². The Balaban J connectivity index is 2.54. The number of hydrogen-bond donors (Lipinski definition) is 0. The fraction of sp³-hybridized carbons (Fsp3) is 0.474. The minimum Gasteiger partial charge on any atom is -0.0993 e. The Morgan fingerprint density at radius 2 is 2.16 bits per heavy atom. The summed E-state index contributed by atoms with van der Waals surface area (Å²) in [4.78, 5) is 0. The zero-order valence-electron chi connectivity index (χ0n) is 12.9. The van der Waals surface area contributed by atoms with Crippen molar-refractivity contribution in [1.29, 1.82) is 0 Å². The van der Waals surface area contributed by atoms with E-state index in [0.717, 1.165) is 6.42 Å².